The first-order valence-electron chi connectivity index (χ1n) is 9.14. The molecule has 2 rings (SSSR count). The second-order valence-electron chi connectivity index (χ2n) is 6.83. The lowest BCUT2D eigenvalue weighted by Gasteiger charge is -2.11. The summed E-state index contributed by atoms with van der Waals surface area (Å²) in [6, 6.07) is 14.2. The molecule has 0 saturated heterocycles. The van der Waals surface area contributed by atoms with Crippen LogP contribution in [0.2, 0.25) is 5.02 Å². The Hall–Kier alpha value is -2.79. The Labute approximate surface area is 179 Å². The first-order chi connectivity index (χ1) is 14.1. The molecule has 0 aliphatic heterocycles. The molecule has 2 aromatic carbocycles. The zero-order valence-electron chi connectivity index (χ0n) is 16.7. The molecule has 0 aromatic heterocycles. The second-order valence-corrected chi connectivity index (χ2v) is 7.26. The van der Waals surface area contributed by atoms with Crippen molar-refractivity contribution in [2.75, 3.05) is 7.11 Å². The average Bonchev–Trinajstić information content (AvgIpc) is 2.68. The van der Waals surface area contributed by atoms with Crippen LogP contribution in [-0.2, 0) is 22.4 Å². The van der Waals surface area contributed by atoms with Crippen molar-refractivity contribution in [2.24, 2.45) is 0 Å². The summed E-state index contributed by atoms with van der Waals surface area (Å²) in [5.41, 5.74) is 2.70. The Balaban J connectivity index is 2.32. The minimum absolute atomic E-state index is 0.137. The van der Waals surface area contributed by atoms with Gasteiger partial charge in [-0.15, -0.1) is 0 Å². The predicted molar refractivity (Wildman–Crippen MR) is 114 cm³/mol. The molecule has 6 heteroatoms. The van der Waals surface area contributed by atoms with Crippen molar-refractivity contribution in [3.63, 3.8) is 0 Å². The van der Waals surface area contributed by atoms with Gasteiger partial charge in [-0.1, -0.05) is 60.7 Å². The zero-order valence-corrected chi connectivity index (χ0v) is 17.5. The van der Waals surface area contributed by atoms with Crippen molar-refractivity contribution in [3.05, 3.63) is 100 Å². The highest BCUT2D eigenvalue weighted by molar-refractivity contribution is 6.30. The largest absolute Gasteiger partial charge is 0.469 e. The molecule has 0 bridgehead atoms. The van der Waals surface area contributed by atoms with Crippen LogP contribution in [0.3, 0.4) is 0 Å². The second kappa shape index (κ2) is 10.3. The van der Waals surface area contributed by atoms with Crippen LogP contribution < -0.4 is 0 Å². The highest BCUT2D eigenvalue weighted by atomic mass is 35.5. The molecule has 0 radical (unpaired) electrons. The summed E-state index contributed by atoms with van der Waals surface area (Å²) < 4.78 is 43.8. The number of ether oxygens (including phenoxy) is 1. The van der Waals surface area contributed by atoms with E-state index in [2.05, 4.69) is 11.3 Å². The van der Waals surface area contributed by atoms with Crippen molar-refractivity contribution in [2.45, 2.75) is 25.9 Å². The highest BCUT2D eigenvalue weighted by Gasteiger charge is 2.30. The van der Waals surface area contributed by atoms with Crippen LogP contribution in [0.25, 0.3) is 5.57 Å². The Morgan fingerprint density at radius 1 is 1.07 bits per heavy atom. The smallest absolute Gasteiger partial charge is 0.415 e. The van der Waals surface area contributed by atoms with E-state index in [0.29, 0.717) is 10.6 Å². The van der Waals surface area contributed by atoms with Crippen LogP contribution in [0.1, 0.15) is 23.6 Å². The number of methoxy groups -OCH3 is 1. The number of alkyl halides is 3. The Kier molecular flexibility index (Phi) is 8.07. The van der Waals surface area contributed by atoms with Gasteiger partial charge in [-0.05, 0) is 59.4 Å². The van der Waals surface area contributed by atoms with Crippen molar-refractivity contribution in [1.82, 2.24) is 0 Å². The van der Waals surface area contributed by atoms with E-state index < -0.39 is 11.7 Å². The summed E-state index contributed by atoms with van der Waals surface area (Å²) in [5.74, 6) is -0.357. The van der Waals surface area contributed by atoms with Gasteiger partial charge in [0.25, 0.3) is 0 Å². The number of carbonyl (C=O) groups is 1. The number of hydrogen-bond acceptors (Lipinski definition) is 2. The third-order valence-electron chi connectivity index (χ3n) is 4.41. The quantitative estimate of drug-likeness (QED) is 0.356. The van der Waals surface area contributed by atoms with Gasteiger partial charge >= 0.3 is 12.1 Å². The Bertz CT molecular complexity index is 971. The molecular weight excluding hydrogens is 413 g/mol. The van der Waals surface area contributed by atoms with E-state index in [0.717, 1.165) is 28.3 Å². The van der Waals surface area contributed by atoms with E-state index in [4.69, 9.17) is 11.6 Å². The zero-order chi connectivity index (χ0) is 22.3. The monoisotopic (exact) mass is 434 g/mol. The predicted octanol–water partition coefficient (Wildman–Crippen LogP) is 6.75. The third kappa shape index (κ3) is 7.23. The van der Waals surface area contributed by atoms with E-state index >= 15 is 0 Å². The molecule has 0 aliphatic carbocycles. The molecule has 0 aliphatic rings. The number of halogens is 4. The maximum atomic E-state index is 13.0. The lowest BCUT2D eigenvalue weighted by molar-refractivity contribution is -0.139. The molecule has 0 saturated carbocycles. The van der Waals surface area contributed by atoms with Gasteiger partial charge in [0.1, 0.15) is 0 Å². The minimum atomic E-state index is -4.51. The highest BCUT2D eigenvalue weighted by Crippen LogP contribution is 2.28. The van der Waals surface area contributed by atoms with E-state index in [1.54, 1.807) is 48.5 Å². The molecule has 0 fully saturated rings. The van der Waals surface area contributed by atoms with Gasteiger partial charge in [0.15, 0.2) is 0 Å². The van der Waals surface area contributed by atoms with Crippen LogP contribution in [-0.4, -0.2) is 19.3 Å². The van der Waals surface area contributed by atoms with E-state index in [-0.39, 0.29) is 18.8 Å². The molecule has 2 aromatic rings. The topological polar surface area (TPSA) is 26.3 Å². The molecule has 0 spiro atoms. The number of hydrogen-bond donors (Lipinski definition) is 0. The molecule has 0 unspecified atom stereocenters. The molecule has 0 heterocycles. The van der Waals surface area contributed by atoms with Crippen molar-refractivity contribution in [1.29, 1.82) is 0 Å². The molecule has 0 atom stereocenters. The SMILES string of the molecule is C=C(/C=C(\C=C(/C)c1cccc(Cl)c1)Cc1ccc(CC(=O)OC)cc1)C(F)(F)F. The van der Waals surface area contributed by atoms with Crippen molar-refractivity contribution in [3.8, 4) is 0 Å². The maximum absolute atomic E-state index is 13.0. The number of rotatable bonds is 7. The summed E-state index contributed by atoms with van der Waals surface area (Å²) in [6.07, 6.45) is -1.35. The van der Waals surface area contributed by atoms with Gasteiger partial charge in [0, 0.05) is 10.6 Å². The molecule has 0 amide bonds. The van der Waals surface area contributed by atoms with E-state index in [9.17, 15) is 18.0 Å². The Morgan fingerprint density at radius 3 is 2.20 bits per heavy atom. The normalized spacial score (nSPS) is 12.6. The maximum Gasteiger partial charge on any atom is 0.415 e. The number of esters is 1. The van der Waals surface area contributed by atoms with Crippen molar-refractivity contribution < 1.29 is 22.7 Å². The molecule has 158 valence electrons. The van der Waals surface area contributed by atoms with Gasteiger partial charge in [-0.3, -0.25) is 4.79 Å². The Morgan fingerprint density at radius 2 is 1.67 bits per heavy atom. The molecule has 2 nitrogen and oxygen atoms in total. The van der Waals surface area contributed by atoms with Crippen LogP contribution in [0, 0.1) is 0 Å². The van der Waals surface area contributed by atoms with Crippen molar-refractivity contribution >= 4 is 23.1 Å². The summed E-state index contributed by atoms with van der Waals surface area (Å²) in [5, 5.41) is 0.548. The van der Waals surface area contributed by atoms with Gasteiger partial charge in [-0.25, -0.2) is 0 Å². The molecular formula is C24H22ClF3O2. The third-order valence-corrected chi connectivity index (χ3v) is 4.65. The van der Waals surface area contributed by atoms with Gasteiger partial charge in [0.2, 0.25) is 0 Å². The van der Waals surface area contributed by atoms with Gasteiger partial charge < -0.3 is 4.74 Å². The summed E-state index contributed by atoms with van der Waals surface area (Å²) >= 11 is 6.02. The van der Waals surface area contributed by atoms with Gasteiger partial charge in [0.05, 0.1) is 13.5 Å². The van der Waals surface area contributed by atoms with Gasteiger partial charge in [-0.2, -0.15) is 13.2 Å². The van der Waals surface area contributed by atoms with Crippen LogP contribution in [0.15, 0.2) is 78.4 Å². The lowest BCUT2D eigenvalue weighted by atomic mass is 9.97. The number of benzene rings is 2. The number of allylic oxidation sites excluding steroid dienone is 5. The number of carbonyl (C=O) groups excluding carboxylic acids is 1. The van der Waals surface area contributed by atoms with E-state index in [1.165, 1.54) is 7.11 Å². The first kappa shape index (κ1) is 23.5. The summed E-state index contributed by atoms with van der Waals surface area (Å²) in [4.78, 5) is 11.4. The van der Waals surface area contributed by atoms with Crippen LogP contribution in [0.5, 0.6) is 0 Å². The molecule has 30 heavy (non-hydrogen) atoms. The van der Waals surface area contributed by atoms with Crippen LogP contribution >= 0.6 is 11.6 Å². The van der Waals surface area contributed by atoms with E-state index in [1.807, 2.05) is 13.0 Å². The fourth-order valence-corrected chi connectivity index (χ4v) is 2.98. The summed E-state index contributed by atoms with van der Waals surface area (Å²) in [6.45, 7) is 4.97. The fraction of sp³-hybridized carbons (Fsp3) is 0.208. The molecule has 0 N–H and O–H groups in total. The first-order valence-corrected chi connectivity index (χ1v) is 9.52. The minimum Gasteiger partial charge on any atom is -0.469 e. The lowest BCUT2D eigenvalue weighted by Crippen LogP contribution is -2.09. The average molecular weight is 435 g/mol. The standard InChI is InChI=1S/C24H22ClF3O2/c1-16(21-5-4-6-22(25)15-21)11-20(12-17(2)24(26,27)28)13-18-7-9-19(10-8-18)14-23(29)30-3/h4-12,15H,2,13-14H2,1,3H3/b16-11+,20-12+. The fourth-order valence-electron chi connectivity index (χ4n) is 2.79. The van der Waals surface area contributed by atoms with Crippen LogP contribution in [0.4, 0.5) is 13.2 Å². The summed E-state index contributed by atoms with van der Waals surface area (Å²) in [7, 11) is 1.32.